The van der Waals surface area contributed by atoms with Crippen molar-refractivity contribution in [1.29, 1.82) is 0 Å². The van der Waals surface area contributed by atoms with Crippen LogP contribution in [0.3, 0.4) is 0 Å². The average molecular weight is 234 g/mol. The van der Waals surface area contributed by atoms with Crippen molar-refractivity contribution in [2.75, 3.05) is 13.2 Å². The number of nitrogens with one attached hydrogen (secondary N) is 1. The molecule has 0 unspecified atom stereocenters. The van der Waals surface area contributed by atoms with Crippen LogP contribution >= 0.6 is 0 Å². The number of nitrogens with two attached hydrogens (primary N) is 1. The van der Waals surface area contributed by atoms with Gasteiger partial charge in [-0.25, -0.2) is 0 Å². The Labute approximate surface area is 101 Å². The number of carbonyl (C=O) groups is 1. The van der Waals surface area contributed by atoms with Crippen molar-refractivity contribution in [3.05, 3.63) is 42.5 Å². The van der Waals surface area contributed by atoms with E-state index >= 15 is 0 Å². The van der Waals surface area contributed by atoms with Crippen LogP contribution in [0.25, 0.3) is 0 Å². The van der Waals surface area contributed by atoms with Crippen molar-refractivity contribution in [1.82, 2.24) is 5.32 Å². The Kier molecular flexibility index (Phi) is 5.23. The van der Waals surface area contributed by atoms with Crippen LogP contribution in [0.2, 0.25) is 0 Å². The second-order valence-corrected chi connectivity index (χ2v) is 3.74. The SMILES string of the molecule is C=CCNC(=O)COc1ccc([C@H](C)N)cc1. The van der Waals surface area contributed by atoms with E-state index in [0.29, 0.717) is 12.3 Å². The molecule has 0 saturated carbocycles. The molecule has 0 heterocycles. The fourth-order valence-corrected chi connectivity index (χ4v) is 1.25. The molecule has 0 aromatic heterocycles. The van der Waals surface area contributed by atoms with Crippen molar-refractivity contribution >= 4 is 5.91 Å². The topological polar surface area (TPSA) is 64.3 Å². The van der Waals surface area contributed by atoms with Gasteiger partial charge >= 0.3 is 0 Å². The molecule has 0 saturated heterocycles. The van der Waals surface area contributed by atoms with Crippen molar-refractivity contribution < 1.29 is 9.53 Å². The monoisotopic (exact) mass is 234 g/mol. The molecule has 0 aliphatic carbocycles. The first-order valence-electron chi connectivity index (χ1n) is 5.49. The lowest BCUT2D eigenvalue weighted by molar-refractivity contribution is -0.122. The summed E-state index contributed by atoms with van der Waals surface area (Å²) in [5.41, 5.74) is 6.76. The minimum atomic E-state index is -0.166. The summed E-state index contributed by atoms with van der Waals surface area (Å²) in [4.78, 5) is 11.2. The molecule has 0 bridgehead atoms. The van der Waals surface area contributed by atoms with E-state index in [0.717, 1.165) is 5.56 Å². The van der Waals surface area contributed by atoms with E-state index in [1.165, 1.54) is 0 Å². The minimum Gasteiger partial charge on any atom is -0.484 e. The molecule has 1 rings (SSSR count). The Bertz CT molecular complexity index is 372. The molecule has 1 amide bonds. The zero-order valence-corrected chi connectivity index (χ0v) is 9.98. The quantitative estimate of drug-likeness (QED) is 0.731. The zero-order chi connectivity index (χ0) is 12.7. The van der Waals surface area contributed by atoms with Gasteiger partial charge < -0.3 is 15.8 Å². The number of benzene rings is 1. The summed E-state index contributed by atoms with van der Waals surface area (Å²) < 4.78 is 5.31. The average Bonchev–Trinajstić information content (AvgIpc) is 2.34. The van der Waals surface area contributed by atoms with Gasteiger partial charge in [0.2, 0.25) is 0 Å². The summed E-state index contributed by atoms with van der Waals surface area (Å²) >= 11 is 0. The molecule has 0 fully saturated rings. The van der Waals surface area contributed by atoms with Gasteiger partial charge in [-0.05, 0) is 24.6 Å². The van der Waals surface area contributed by atoms with E-state index in [2.05, 4.69) is 11.9 Å². The highest BCUT2D eigenvalue weighted by atomic mass is 16.5. The molecule has 3 N–H and O–H groups in total. The van der Waals surface area contributed by atoms with Gasteiger partial charge in [0.25, 0.3) is 5.91 Å². The summed E-state index contributed by atoms with van der Waals surface area (Å²) in [5.74, 6) is 0.490. The molecule has 4 nitrogen and oxygen atoms in total. The summed E-state index contributed by atoms with van der Waals surface area (Å²) in [7, 11) is 0. The zero-order valence-electron chi connectivity index (χ0n) is 9.98. The van der Waals surface area contributed by atoms with Gasteiger partial charge in [0, 0.05) is 12.6 Å². The van der Waals surface area contributed by atoms with Crippen LogP contribution in [0.4, 0.5) is 0 Å². The predicted molar refractivity (Wildman–Crippen MR) is 67.7 cm³/mol. The van der Waals surface area contributed by atoms with Gasteiger partial charge in [0.05, 0.1) is 0 Å². The first-order chi connectivity index (χ1) is 8.13. The molecule has 0 spiro atoms. The largest absolute Gasteiger partial charge is 0.484 e. The molecule has 1 aromatic rings. The van der Waals surface area contributed by atoms with Gasteiger partial charge in [-0.15, -0.1) is 6.58 Å². The van der Waals surface area contributed by atoms with Gasteiger partial charge in [0.1, 0.15) is 5.75 Å². The van der Waals surface area contributed by atoms with E-state index in [1.807, 2.05) is 19.1 Å². The molecular weight excluding hydrogens is 216 g/mol. The number of carbonyl (C=O) groups excluding carboxylic acids is 1. The molecule has 0 aliphatic heterocycles. The van der Waals surface area contributed by atoms with Crippen molar-refractivity contribution in [3.8, 4) is 5.75 Å². The highest BCUT2D eigenvalue weighted by Gasteiger charge is 2.02. The minimum absolute atomic E-state index is 0.0000555. The first kappa shape index (κ1) is 13.3. The van der Waals surface area contributed by atoms with Crippen LogP contribution in [0, 0.1) is 0 Å². The van der Waals surface area contributed by atoms with E-state index in [4.69, 9.17) is 10.5 Å². The maximum absolute atomic E-state index is 11.2. The van der Waals surface area contributed by atoms with Gasteiger partial charge in [0.15, 0.2) is 6.61 Å². The van der Waals surface area contributed by atoms with Crippen LogP contribution in [0.15, 0.2) is 36.9 Å². The molecule has 17 heavy (non-hydrogen) atoms. The summed E-state index contributed by atoms with van der Waals surface area (Å²) in [6, 6.07) is 7.39. The Morgan fingerprint density at radius 3 is 2.71 bits per heavy atom. The highest BCUT2D eigenvalue weighted by molar-refractivity contribution is 5.77. The van der Waals surface area contributed by atoms with E-state index < -0.39 is 0 Å². The summed E-state index contributed by atoms with van der Waals surface area (Å²) in [6.45, 7) is 5.88. The molecule has 0 radical (unpaired) electrons. The second kappa shape index (κ2) is 6.70. The van der Waals surface area contributed by atoms with Gasteiger partial charge in [-0.1, -0.05) is 18.2 Å². The maximum Gasteiger partial charge on any atom is 0.258 e. The fourth-order valence-electron chi connectivity index (χ4n) is 1.25. The molecular formula is C13H18N2O2. The van der Waals surface area contributed by atoms with Crippen LogP contribution < -0.4 is 15.8 Å². The lowest BCUT2D eigenvalue weighted by atomic mass is 10.1. The fraction of sp³-hybridized carbons (Fsp3) is 0.308. The van der Waals surface area contributed by atoms with Crippen molar-refractivity contribution in [2.45, 2.75) is 13.0 Å². The lowest BCUT2D eigenvalue weighted by Gasteiger charge is -2.08. The highest BCUT2D eigenvalue weighted by Crippen LogP contribution is 2.15. The predicted octanol–water partition coefficient (Wildman–Crippen LogP) is 1.39. The molecule has 0 aliphatic rings. The second-order valence-electron chi connectivity index (χ2n) is 3.74. The van der Waals surface area contributed by atoms with E-state index in [1.54, 1.807) is 18.2 Å². The van der Waals surface area contributed by atoms with Crippen molar-refractivity contribution in [3.63, 3.8) is 0 Å². The normalized spacial score (nSPS) is 11.6. The number of ether oxygens (including phenoxy) is 1. The maximum atomic E-state index is 11.2. The lowest BCUT2D eigenvalue weighted by Crippen LogP contribution is -2.28. The third-order valence-electron chi connectivity index (χ3n) is 2.22. The third-order valence-corrected chi connectivity index (χ3v) is 2.22. The Morgan fingerprint density at radius 2 is 2.18 bits per heavy atom. The standard InChI is InChI=1S/C13H18N2O2/c1-3-8-15-13(16)9-17-12-6-4-11(5-7-12)10(2)14/h3-7,10H,1,8-9,14H2,2H3,(H,15,16)/t10-/m0/s1. The number of rotatable bonds is 6. The molecule has 1 atom stereocenters. The summed E-state index contributed by atoms with van der Waals surface area (Å²) in [6.07, 6.45) is 1.62. The van der Waals surface area contributed by atoms with Crippen LogP contribution in [0.1, 0.15) is 18.5 Å². The number of amides is 1. The van der Waals surface area contributed by atoms with Gasteiger partial charge in [-0.3, -0.25) is 4.79 Å². The summed E-state index contributed by atoms with van der Waals surface area (Å²) in [5, 5.41) is 2.63. The molecule has 4 heteroatoms. The molecule has 1 aromatic carbocycles. The van der Waals surface area contributed by atoms with Gasteiger partial charge in [-0.2, -0.15) is 0 Å². The number of hydrogen-bond acceptors (Lipinski definition) is 3. The number of hydrogen-bond donors (Lipinski definition) is 2. The van der Waals surface area contributed by atoms with E-state index in [9.17, 15) is 4.79 Å². The first-order valence-corrected chi connectivity index (χ1v) is 5.49. The smallest absolute Gasteiger partial charge is 0.258 e. The van der Waals surface area contributed by atoms with Crippen molar-refractivity contribution in [2.24, 2.45) is 5.73 Å². The Balaban J connectivity index is 2.41. The van der Waals surface area contributed by atoms with Crippen LogP contribution in [-0.2, 0) is 4.79 Å². The Hall–Kier alpha value is -1.81. The molecule has 92 valence electrons. The van der Waals surface area contributed by atoms with Crippen LogP contribution in [-0.4, -0.2) is 19.1 Å². The van der Waals surface area contributed by atoms with Crippen LogP contribution in [0.5, 0.6) is 5.75 Å². The van der Waals surface area contributed by atoms with E-state index in [-0.39, 0.29) is 18.6 Å². The third kappa shape index (κ3) is 4.70. The Morgan fingerprint density at radius 1 is 1.53 bits per heavy atom.